The minimum atomic E-state index is -3.38. The topological polar surface area (TPSA) is 60.9 Å². The first-order chi connectivity index (χ1) is 9.80. The van der Waals surface area contributed by atoms with E-state index in [0.717, 1.165) is 31.6 Å². The van der Waals surface area contributed by atoms with E-state index in [-0.39, 0.29) is 6.10 Å². The van der Waals surface area contributed by atoms with Crippen LogP contribution in [0.3, 0.4) is 0 Å². The van der Waals surface area contributed by atoms with Gasteiger partial charge in [0.05, 0.1) is 11.0 Å². The monoisotopic (exact) mass is 312 g/mol. The molecule has 5 nitrogen and oxygen atoms in total. The van der Waals surface area contributed by atoms with Gasteiger partial charge < -0.3 is 5.11 Å². The maximum Gasteiger partial charge on any atom is 0.242 e. The van der Waals surface area contributed by atoms with E-state index in [1.165, 1.54) is 18.4 Å². The van der Waals surface area contributed by atoms with Crippen LogP contribution in [0.4, 0.5) is 0 Å². The van der Waals surface area contributed by atoms with Gasteiger partial charge in [-0.1, -0.05) is 12.1 Å². The third kappa shape index (κ3) is 3.83. The quantitative estimate of drug-likeness (QED) is 0.886. The third-order valence-electron chi connectivity index (χ3n) is 4.07. The van der Waals surface area contributed by atoms with E-state index < -0.39 is 10.0 Å². The highest BCUT2D eigenvalue weighted by atomic mass is 32.2. The fourth-order valence-corrected chi connectivity index (χ4v) is 3.65. The summed E-state index contributed by atoms with van der Waals surface area (Å²) in [6.07, 6.45) is 0.711. The van der Waals surface area contributed by atoms with Crippen molar-refractivity contribution in [3.05, 3.63) is 29.8 Å². The van der Waals surface area contributed by atoms with Crippen molar-refractivity contribution >= 4 is 10.0 Å². The van der Waals surface area contributed by atoms with E-state index in [9.17, 15) is 13.5 Å². The van der Waals surface area contributed by atoms with Gasteiger partial charge in [-0.25, -0.2) is 12.7 Å². The van der Waals surface area contributed by atoms with Crippen molar-refractivity contribution < 1.29 is 13.5 Å². The smallest absolute Gasteiger partial charge is 0.242 e. The molecule has 2 rings (SSSR count). The molecule has 1 N–H and O–H groups in total. The standard InChI is InChI=1S/C15H24N2O3S/c1-12(18)14-7-8-17(11-14)10-13-5-4-6-15(9-13)21(19,20)16(2)3/h4-6,9,12,14,18H,7-8,10-11H2,1-3H3. The van der Waals surface area contributed by atoms with Gasteiger partial charge in [0.15, 0.2) is 0 Å². The highest BCUT2D eigenvalue weighted by Crippen LogP contribution is 2.22. The van der Waals surface area contributed by atoms with Gasteiger partial charge in [0.25, 0.3) is 0 Å². The molecule has 0 saturated carbocycles. The molecule has 0 amide bonds. The van der Waals surface area contributed by atoms with Gasteiger partial charge in [-0.2, -0.15) is 0 Å². The van der Waals surface area contributed by atoms with Crippen molar-refractivity contribution in [3.63, 3.8) is 0 Å². The first-order valence-electron chi connectivity index (χ1n) is 7.22. The van der Waals surface area contributed by atoms with E-state index >= 15 is 0 Å². The molecule has 0 aromatic heterocycles. The molecule has 118 valence electrons. The molecule has 0 radical (unpaired) electrons. The summed E-state index contributed by atoms with van der Waals surface area (Å²) in [5.41, 5.74) is 0.990. The fourth-order valence-electron chi connectivity index (χ4n) is 2.67. The second-order valence-electron chi connectivity index (χ2n) is 5.96. The Balaban J connectivity index is 2.09. The molecule has 2 atom stereocenters. The van der Waals surface area contributed by atoms with Gasteiger partial charge in [0.1, 0.15) is 0 Å². The summed E-state index contributed by atoms with van der Waals surface area (Å²) >= 11 is 0. The van der Waals surface area contributed by atoms with E-state index in [1.54, 1.807) is 18.2 Å². The first-order valence-corrected chi connectivity index (χ1v) is 8.66. The molecular formula is C15H24N2O3S. The molecule has 21 heavy (non-hydrogen) atoms. The fraction of sp³-hybridized carbons (Fsp3) is 0.600. The van der Waals surface area contributed by atoms with Crippen LogP contribution in [0, 0.1) is 5.92 Å². The number of rotatable bonds is 5. The molecule has 1 aromatic rings. The molecule has 6 heteroatoms. The minimum Gasteiger partial charge on any atom is -0.393 e. The van der Waals surface area contributed by atoms with E-state index in [0.29, 0.717) is 10.8 Å². The number of hydrogen-bond donors (Lipinski definition) is 1. The summed E-state index contributed by atoms with van der Waals surface area (Å²) < 4.78 is 25.5. The molecule has 2 unspecified atom stereocenters. The first kappa shape index (κ1) is 16.4. The van der Waals surface area contributed by atoms with Crippen LogP contribution in [0.15, 0.2) is 29.2 Å². The Labute approximate surface area is 127 Å². The summed E-state index contributed by atoms with van der Waals surface area (Å²) in [4.78, 5) is 2.59. The second kappa shape index (κ2) is 6.44. The van der Waals surface area contributed by atoms with Crippen molar-refractivity contribution in [2.75, 3.05) is 27.2 Å². The molecule has 1 aliphatic heterocycles. The Morgan fingerprint density at radius 3 is 2.71 bits per heavy atom. The minimum absolute atomic E-state index is 0.282. The van der Waals surface area contributed by atoms with Crippen molar-refractivity contribution in [2.45, 2.75) is 30.9 Å². The predicted octanol–water partition coefficient (Wildman–Crippen LogP) is 1.14. The molecule has 0 spiro atoms. The van der Waals surface area contributed by atoms with Gasteiger partial charge >= 0.3 is 0 Å². The number of aliphatic hydroxyl groups excluding tert-OH is 1. The van der Waals surface area contributed by atoms with E-state index in [2.05, 4.69) is 4.90 Å². The normalized spacial score (nSPS) is 21.9. The molecular weight excluding hydrogens is 288 g/mol. The Morgan fingerprint density at radius 1 is 1.43 bits per heavy atom. The molecule has 1 aliphatic rings. The van der Waals surface area contributed by atoms with Crippen LogP contribution in [0.2, 0.25) is 0 Å². The van der Waals surface area contributed by atoms with Crippen LogP contribution in [0.5, 0.6) is 0 Å². The molecule has 1 saturated heterocycles. The largest absolute Gasteiger partial charge is 0.393 e. The number of aliphatic hydroxyl groups is 1. The van der Waals surface area contributed by atoms with Gasteiger partial charge in [-0.05, 0) is 43.5 Å². The molecule has 1 aromatic carbocycles. The van der Waals surface area contributed by atoms with Crippen molar-refractivity contribution in [1.82, 2.24) is 9.21 Å². The highest BCUT2D eigenvalue weighted by molar-refractivity contribution is 7.89. The van der Waals surface area contributed by atoms with Gasteiger partial charge in [0, 0.05) is 27.2 Å². The SMILES string of the molecule is CC(O)C1CCN(Cc2cccc(S(=O)(=O)N(C)C)c2)C1. The number of benzene rings is 1. The van der Waals surface area contributed by atoms with Crippen molar-refractivity contribution in [1.29, 1.82) is 0 Å². The average Bonchev–Trinajstić information content (AvgIpc) is 2.87. The molecule has 0 bridgehead atoms. The van der Waals surface area contributed by atoms with Crippen LogP contribution >= 0.6 is 0 Å². The van der Waals surface area contributed by atoms with Crippen LogP contribution in [-0.2, 0) is 16.6 Å². The summed E-state index contributed by atoms with van der Waals surface area (Å²) in [7, 11) is -0.308. The number of hydrogen-bond acceptors (Lipinski definition) is 4. The average molecular weight is 312 g/mol. The molecule has 0 aliphatic carbocycles. The maximum atomic E-state index is 12.1. The van der Waals surface area contributed by atoms with Crippen LogP contribution in [-0.4, -0.2) is 56.0 Å². The molecule has 1 heterocycles. The van der Waals surface area contributed by atoms with Gasteiger partial charge in [-0.3, -0.25) is 4.90 Å². The lowest BCUT2D eigenvalue weighted by Gasteiger charge is -2.18. The zero-order valence-electron chi connectivity index (χ0n) is 12.9. The van der Waals surface area contributed by atoms with Gasteiger partial charge in [0.2, 0.25) is 10.0 Å². The summed E-state index contributed by atoms with van der Waals surface area (Å²) in [5.74, 6) is 0.318. The van der Waals surface area contributed by atoms with E-state index in [4.69, 9.17) is 0 Å². The summed E-state index contributed by atoms with van der Waals surface area (Å²) in [6.45, 7) is 4.36. The summed E-state index contributed by atoms with van der Waals surface area (Å²) in [6, 6.07) is 7.10. The lowest BCUT2D eigenvalue weighted by molar-refractivity contribution is 0.127. The Kier molecular flexibility index (Phi) is 5.03. The van der Waals surface area contributed by atoms with Crippen LogP contribution < -0.4 is 0 Å². The lowest BCUT2D eigenvalue weighted by Crippen LogP contribution is -2.24. The van der Waals surface area contributed by atoms with E-state index in [1.807, 2.05) is 13.0 Å². The zero-order valence-corrected chi connectivity index (χ0v) is 13.7. The zero-order chi connectivity index (χ0) is 15.6. The maximum absolute atomic E-state index is 12.1. The van der Waals surface area contributed by atoms with Gasteiger partial charge in [-0.15, -0.1) is 0 Å². The lowest BCUT2D eigenvalue weighted by atomic mass is 10.0. The Hall–Kier alpha value is -0.950. The van der Waals surface area contributed by atoms with Crippen molar-refractivity contribution in [3.8, 4) is 0 Å². The Bertz CT molecular complexity index is 584. The number of sulfonamides is 1. The Morgan fingerprint density at radius 2 is 2.14 bits per heavy atom. The highest BCUT2D eigenvalue weighted by Gasteiger charge is 2.26. The van der Waals surface area contributed by atoms with Crippen LogP contribution in [0.25, 0.3) is 0 Å². The number of nitrogens with zero attached hydrogens (tertiary/aromatic N) is 2. The number of likely N-dealkylation sites (tertiary alicyclic amines) is 1. The third-order valence-corrected chi connectivity index (χ3v) is 5.89. The summed E-state index contributed by atoms with van der Waals surface area (Å²) in [5, 5.41) is 9.64. The predicted molar refractivity (Wildman–Crippen MR) is 82.4 cm³/mol. The second-order valence-corrected chi connectivity index (χ2v) is 8.11. The van der Waals surface area contributed by atoms with Crippen LogP contribution in [0.1, 0.15) is 18.9 Å². The van der Waals surface area contributed by atoms with Crippen molar-refractivity contribution in [2.24, 2.45) is 5.92 Å². The molecule has 1 fully saturated rings.